The van der Waals surface area contributed by atoms with Crippen LogP contribution < -0.4 is 10.6 Å². The minimum absolute atomic E-state index is 0. The quantitative estimate of drug-likeness (QED) is 0.405. The number of nitrogens with one attached hydrogen (secondary N) is 2. The molecule has 6 heteroatoms. The summed E-state index contributed by atoms with van der Waals surface area (Å²) in [6, 6.07) is 8.85. The number of benzene rings is 1. The number of rotatable bonds is 5. The van der Waals surface area contributed by atoms with Gasteiger partial charge in [-0.1, -0.05) is 43.7 Å². The second-order valence-corrected chi connectivity index (χ2v) is 6.81. The van der Waals surface area contributed by atoms with E-state index in [1.807, 2.05) is 18.7 Å². The highest BCUT2D eigenvalue weighted by Gasteiger charge is 2.27. The van der Waals surface area contributed by atoms with Gasteiger partial charge in [0, 0.05) is 38.6 Å². The Morgan fingerprint density at radius 3 is 2.80 bits per heavy atom. The number of aryl methyl sites for hydroxylation is 1. The SMILES string of the molecule is CN=C(NCCc1cccc(C)c1)NC1CCN(C(=O)C(C)C)C1.I. The van der Waals surface area contributed by atoms with Crippen molar-refractivity contribution in [1.29, 1.82) is 0 Å². The summed E-state index contributed by atoms with van der Waals surface area (Å²) in [5.74, 6) is 1.11. The predicted octanol–water partition coefficient (Wildman–Crippen LogP) is 2.58. The van der Waals surface area contributed by atoms with Crippen molar-refractivity contribution < 1.29 is 4.79 Å². The van der Waals surface area contributed by atoms with Gasteiger partial charge in [-0.05, 0) is 25.3 Å². The molecule has 1 aromatic rings. The summed E-state index contributed by atoms with van der Waals surface area (Å²) in [5, 5.41) is 6.80. The molecule has 1 saturated heterocycles. The summed E-state index contributed by atoms with van der Waals surface area (Å²) in [6.07, 6.45) is 1.93. The number of carbonyl (C=O) groups is 1. The Balaban J connectivity index is 0.00000312. The maximum Gasteiger partial charge on any atom is 0.225 e. The minimum atomic E-state index is 0. The number of carbonyl (C=O) groups excluding carboxylic acids is 1. The lowest BCUT2D eigenvalue weighted by atomic mass is 10.1. The van der Waals surface area contributed by atoms with E-state index in [-0.39, 0.29) is 41.8 Å². The van der Waals surface area contributed by atoms with Gasteiger partial charge in [-0.2, -0.15) is 0 Å². The average Bonchev–Trinajstić information content (AvgIpc) is 3.01. The monoisotopic (exact) mass is 458 g/mol. The zero-order chi connectivity index (χ0) is 17.5. The maximum atomic E-state index is 12.1. The first kappa shape index (κ1) is 21.7. The summed E-state index contributed by atoms with van der Waals surface area (Å²) in [7, 11) is 1.79. The van der Waals surface area contributed by atoms with E-state index in [9.17, 15) is 4.79 Å². The third kappa shape index (κ3) is 6.84. The van der Waals surface area contributed by atoms with E-state index in [4.69, 9.17) is 0 Å². The summed E-state index contributed by atoms with van der Waals surface area (Å²) >= 11 is 0. The highest BCUT2D eigenvalue weighted by atomic mass is 127. The van der Waals surface area contributed by atoms with Gasteiger partial charge < -0.3 is 15.5 Å². The zero-order valence-corrected chi connectivity index (χ0v) is 18.0. The molecule has 1 aliphatic rings. The molecule has 5 nitrogen and oxygen atoms in total. The van der Waals surface area contributed by atoms with E-state index in [2.05, 4.69) is 46.8 Å². The fraction of sp³-hybridized carbons (Fsp3) is 0.579. The summed E-state index contributed by atoms with van der Waals surface area (Å²) in [4.78, 5) is 18.3. The second kappa shape index (κ2) is 10.6. The zero-order valence-electron chi connectivity index (χ0n) is 15.7. The molecule has 0 aromatic heterocycles. The van der Waals surface area contributed by atoms with E-state index >= 15 is 0 Å². The molecule has 0 aliphatic carbocycles. The van der Waals surface area contributed by atoms with E-state index in [0.29, 0.717) is 0 Å². The lowest BCUT2D eigenvalue weighted by molar-refractivity contribution is -0.133. The first-order chi connectivity index (χ1) is 11.5. The molecule has 0 bridgehead atoms. The smallest absolute Gasteiger partial charge is 0.225 e. The number of amides is 1. The van der Waals surface area contributed by atoms with E-state index in [1.165, 1.54) is 11.1 Å². The van der Waals surface area contributed by atoms with Crippen molar-refractivity contribution in [2.24, 2.45) is 10.9 Å². The summed E-state index contributed by atoms with van der Waals surface area (Å²) in [6.45, 7) is 8.44. The lowest BCUT2D eigenvalue weighted by Crippen LogP contribution is -2.45. The molecular weight excluding hydrogens is 427 g/mol. The van der Waals surface area contributed by atoms with Crippen LogP contribution in [0.3, 0.4) is 0 Å². The number of hydrogen-bond acceptors (Lipinski definition) is 2. The van der Waals surface area contributed by atoms with Gasteiger partial charge in [0.05, 0.1) is 0 Å². The Morgan fingerprint density at radius 2 is 2.16 bits per heavy atom. The Labute approximate surface area is 168 Å². The van der Waals surface area contributed by atoms with Crippen LogP contribution in [-0.4, -0.2) is 49.5 Å². The van der Waals surface area contributed by atoms with Gasteiger partial charge in [0.2, 0.25) is 5.91 Å². The van der Waals surface area contributed by atoms with Crippen LogP contribution >= 0.6 is 24.0 Å². The average molecular weight is 458 g/mol. The predicted molar refractivity (Wildman–Crippen MR) is 115 cm³/mol. The normalized spacial score (nSPS) is 17.4. The molecular formula is C19H31IN4O. The van der Waals surface area contributed by atoms with Crippen molar-refractivity contribution in [2.45, 2.75) is 39.7 Å². The largest absolute Gasteiger partial charge is 0.356 e. The van der Waals surface area contributed by atoms with E-state index < -0.39 is 0 Å². The third-order valence-electron chi connectivity index (χ3n) is 4.35. The Kier molecular flexibility index (Phi) is 9.24. The number of guanidine groups is 1. The Hall–Kier alpha value is -1.31. The second-order valence-electron chi connectivity index (χ2n) is 6.81. The topological polar surface area (TPSA) is 56.7 Å². The Bertz CT molecular complexity index is 589. The summed E-state index contributed by atoms with van der Waals surface area (Å²) < 4.78 is 0. The standard InChI is InChI=1S/C19H30N4O.HI/c1-14(2)18(24)23-11-9-17(13-23)22-19(20-4)21-10-8-16-7-5-6-15(3)12-16;/h5-7,12,14,17H,8-11,13H2,1-4H3,(H2,20,21,22);1H. The molecule has 1 aliphatic heterocycles. The number of aliphatic imine (C=N–C) groups is 1. The molecule has 1 aromatic carbocycles. The van der Waals surface area contributed by atoms with Crippen LogP contribution in [0.2, 0.25) is 0 Å². The van der Waals surface area contributed by atoms with Crippen molar-refractivity contribution in [3.63, 3.8) is 0 Å². The van der Waals surface area contributed by atoms with Gasteiger partial charge in [-0.15, -0.1) is 24.0 Å². The maximum absolute atomic E-state index is 12.1. The van der Waals surface area contributed by atoms with Gasteiger partial charge in [-0.25, -0.2) is 0 Å². The lowest BCUT2D eigenvalue weighted by Gasteiger charge is -2.20. The van der Waals surface area contributed by atoms with Gasteiger partial charge >= 0.3 is 0 Å². The fourth-order valence-corrected chi connectivity index (χ4v) is 3.02. The van der Waals surface area contributed by atoms with Crippen LogP contribution in [0.4, 0.5) is 0 Å². The number of likely N-dealkylation sites (tertiary alicyclic amines) is 1. The molecule has 1 heterocycles. The molecule has 2 N–H and O–H groups in total. The van der Waals surface area contributed by atoms with E-state index in [1.54, 1.807) is 7.05 Å². The van der Waals surface area contributed by atoms with Gasteiger partial charge in [0.1, 0.15) is 0 Å². The number of hydrogen-bond donors (Lipinski definition) is 2. The highest BCUT2D eigenvalue weighted by molar-refractivity contribution is 14.0. The molecule has 1 fully saturated rings. The molecule has 140 valence electrons. The minimum Gasteiger partial charge on any atom is -0.356 e. The van der Waals surface area contributed by atoms with Crippen molar-refractivity contribution in [2.75, 3.05) is 26.7 Å². The van der Waals surface area contributed by atoms with Crippen LogP contribution in [-0.2, 0) is 11.2 Å². The number of halogens is 1. The van der Waals surface area contributed by atoms with Crippen molar-refractivity contribution >= 4 is 35.8 Å². The fourth-order valence-electron chi connectivity index (χ4n) is 3.02. The van der Waals surface area contributed by atoms with Gasteiger partial charge in [0.25, 0.3) is 0 Å². The van der Waals surface area contributed by atoms with Crippen LogP contribution in [0.1, 0.15) is 31.4 Å². The molecule has 1 amide bonds. The van der Waals surface area contributed by atoms with Crippen molar-refractivity contribution in [1.82, 2.24) is 15.5 Å². The molecule has 0 radical (unpaired) electrons. The van der Waals surface area contributed by atoms with Crippen molar-refractivity contribution in [3.05, 3.63) is 35.4 Å². The highest BCUT2D eigenvalue weighted by Crippen LogP contribution is 2.12. The molecule has 25 heavy (non-hydrogen) atoms. The first-order valence-electron chi connectivity index (χ1n) is 8.81. The Morgan fingerprint density at radius 1 is 1.40 bits per heavy atom. The molecule has 0 saturated carbocycles. The molecule has 2 rings (SSSR count). The molecule has 1 atom stereocenters. The third-order valence-corrected chi connectivity index (χ3v) is 4.35. The van der Waals surface area contributed by atoms with Gasteiger partial charge in [0.15, 0.2) is 5.96 Å². The molecule has 0 spiro atoms. The molecule has 1 unspecified atom stereocenters. The number of nitrogens with zero attached hydrogens (tertiary/aromatic N) is 2. The van der Waals surface area contributed by atoms with Crippen molar-refractivity contribution in [3.8, 4) is 0 Å². The van der Waals surface area contributed by atoms with Crippen LogP contribution in [0.25, 0.3) is 0 Å². The first-order valence-corrected chi connectivity index (χ1v) is 8.81. The van der Waals surface area contributed by atoms with Crippen LogP contribution in [0.5, 0.6) is 0 Å². The summed E-state index contributed by atoms with van der Waals surface area (Å²) in [5.41, 5.74) is 2.61. The van der Waals surface area contributed by atoms with Crippen LogP contribution in [0, 0.1) is 12.8 Å². The van der Waals surface area contributed by atoms with E-state index in [0.717, 1.165) is 38.4 Å². The van der Waals surface area contributed by atoms with Gasteiger partial charge in [-0.3, -0.25) is 9.79 Å². The van der Waals surface area contributed by atoms with Crippen LogP contribution in [0.15, 0.2) is 29.3 Å².